The van der Waals surface area contributed by atoms with E-state index in [1.807, 2.05) is 6.92 Å². The second-order valence-corrected chi connectivity index (χ2v) is 4.31. The van der Waals surface area contributed by atoms with Crippen molar-refractivity contribution in [3.05, 3.63) is 23.7 Å². The van der Waals surface area contributed by atoms with Crippen molar-refractivity contribution in [3.8, 4) is 0 Å². The minimum absolute atomic E-state index is 0.0295. The Hall–Kier alpha value is -1.16. The summed E-state index contributed by atoms with van der Waals surface area (Å²) in [5.74, 6) is 0.729. The number of aliphatic hydroxyl groups is 1. The van der Waals surface area contributed by atoms with Gasteiger partial charge in [-0.3, -0.25) is 4.79 Å². The number of carbonyl (C=O) groups is 1. The Bertz CT molecular complexity index is 386. The average Bonchev–Trinajstić information content (AvgIpc) is 2.53. The van der Waals surface area contributed by atoms with Gasteiger partial charge in [-0.2, -0.15) is 0 Å². The molecule has 0 amide bonds. The Morgan fingerprint density at radius 3 is 2.67 bits per heavy atom. The van der Waals surface area contributed by atoms with E-state index in [4.69, 9.17) is 4.42 Å². The fourth-order valence-electron chi connectivity index (χ4n) is 1.36. The molecule has 3 nitrogen and oxygen atoms in total. The van der Waals surface area contributed by atoms with Crippen molar-refractivity contribution in [2.45, 2.75) is 25.9 Å². The quantitative estimate of drug-likeness (QED) is 0.486. The van der Waals surface area contributed by atoms with Crippen LogP contribution >= 0.6 is 11.8 Å². The van der Waals surface area contributed by atoms with Crippen molar-refractivity contribution < 1.29 is 14.3 Å². The summed E-state index contributed by atoms with van der Waals surface area (Å²) in [5, 5.41) is 10.1. The van der Waals surface area contributed by atoms with Gasteiger partial charge in [-0.05, 0) is 25.7 Å². The molecule has 1 N–H and O–H groups in total. The first kappa shape index (κ1) is 11.9. The lowest BCUT2D eigenvalue weighted by molar-refractivity contribution is -0.111. The van der Waals surface area contributed by atoms with E-state index in [0.29, 0.717) is 16.2 Å². The molecule has 0 bridgehead atoms. The molecule has 15 heavy (non-hydrogen) atoms. The van der Waals surface area contributed by atoms with E-state index in [1.165, 1.54) is 31.9 Å². The van der Waals surface area contributed by atoms with Crippen molar-refractivity contribution in [1.82, 2.24) is 0 Å². The summed E-state index contributed by atoms with van der Waals surface area (Å²) in [6, 6.07) is 1.70. The first-order valence-corrected chi connectivity index (χ1v) is 5.68. The molecule has 0 aromatic carbocycles. The Balaban J connectivity index is 3.18. The fourth-order valence-corrected chi connectivity index (χ4v) is 2.07. The molecule has 0 aliphatic rings. The summed E-state index contributed by atoms with van der Waals surface area (Å²) in [6.07, 6.45) is 1.53. The molecule has 0 saturated carbocycles. The van der Waals surface area contributed by atoms with Crippen LogP contribution in [0.2, 0.25) is 0 Å². The van der Waals surface area contributed by atoms with Crippen LogP contribution in [0.1, 0.15) is 26.3 Å². The van der Waals surface area contributed by atoms with Gasteiger partial charge in [0.1, 0.15) is 5.76 Å². The first-order chi connectivity index (χ1) is 7.07. The summed E-state index contributed by atoms with van der Waals surface area (Å²) < 4.78 is 5.25. The summed E-state index contributed by atoms with van der Waals surface area (Å²) in [6.45, 7) is 4.94. The van der Waals surface area contributed by atoms with Crippen LogP contribution in [0.25, 0.3) is 5.57 Å². The van der Waals surface area contributed by atoms with Crippen molar-refractivity contribution in [1.29, 1.82) is 0 Å². The number of rotatable bonds is 4. The number of carbonyl (C=O) groups excluding carboxylic acids is 1. The Kier molecular flexibility index (Phi) is 4.03. The standard InChI is InChI=1S/C11H14O3S/c1-4-15-11-9(5-6-14-11)10(7(2)12)8(3)13/h5-6,12H,4H2,1-3H3/b10-7-. The van der Waals surface area contributed by atoms with Gasteiger partial charge in [-0.15, -0.1) is 0 Å². The molecule has 0 atom stereocenters. The number of thioether (sulfide) groups is 1. The van der Waals surface area contributed by atoms with Crippen LogP contribution in [0, 0.1) is 0 Å². The third-order valence-corrected chi connectivity index (χ3v) is 2.76. The van der Waals surface area contributed by atoms with Gasteiger partial charge in [-0.25, -0.2) is 0 Å². The smallest absolute Gasteiger partial charge is 0.168 e. The van der Waals surface area contributed by atoms with Gasteiger partial charge in [0.15, 0.2) is 10.9 Å². The van der Waals surface area contributed by atoms with Gasteiger partial charge in [0.25, 0.3) is 0 Å². The van der Waals surface area contributed by atoms with Crippen LogP contribution < -0.4 is 0 Å². The molecular weight excluding hydrogens is 212 g/mol. The van der Waals surface area contributed by atoms with Gasteiger partial charge in [0, 0.05) is 5.56 Å². The highest BCUT2D eigenvalue weighted by Gasteiger charge is 2.17. The van der Waals surface area contributed by atoms with Crippen LogP contribution in [0.4, 0.5) is 0 Å². The van der Waals surface area contributed by atoms with Gasteiger partial charge in [0.2, 0.25) is 0 Å². The highest BCUT2D eigenvalue weighted by Crippen LogP contribution is 2.30. The third kappa shape index (κ3) is 2.65. The summed E-state index contributed by atoms with van der Waals surface area (Å²) in [5.41, 5.74) is 1.01. The van der Waals surface area contributed by atoms with Gasteiger partial charge in [-0.1, -0.05) is 18.7 Å². The number of hydrogen-bond acceptors (Lipinski definition) is 4. The summed E-state index contributed by atoms with van der Waals surface area (Å²) in [4.78, 5) is 11.4. The van der Waals surface area contributed by atoms with E-state index in [0.717, 1.165) is 5.75 Å². The monoisotopic (exact) mass is 226 g/mol. The molecule has 0 saturated heterocycles. The van der Waals surface area contributed by atoms with E-state index in [-0.39, 0.29) is 11.5 Å². The minimum Gasteiger partial charge on any atom is -0.512 e. The molecule has 0 fully saturated rings. The zero-order chi connectivity index (χ0) is 11.4. The van der Waals surface area contributed by atoms with E-state index >= 15 is 0 Å². The highest BCUT2D eigenvalue weighted by atomic mass is 32.2. The molecule has 0 aliphatic carbocycles. The normalized spacial score (nSPS) is 12.5. The Morgan fingerprint density at radius 1 is 1.53 bits per heavy atom. The molecule has 0 unspecified atom stereocenters. The molecule has 1 heterocycles. The third-order valence-electron chi connectivity index (χ3n) is 1.89. The number of allylic oxidation sites excluding steroid dienone is 2. The topological polar surface area (TPSA) is 50.4 Å². The maximum Gasteiger partial charge on any atom is 0.168 e. The highest BCUT2D eigenvalue weighted by molar-refractivity contribution is 7.99. The summed E-state index contributed by atoms with van der Waals surface area (Å²) in [7, 11) is 0. The molecule has 0 spiro atoms. The SMILES string of the molecule is CCSc1occc1/C(C(C)=O)=C(/C)O. The van der Waals surface area contributed by atoms with E-state index < -0.39 is 0 Å². The van der Waals surface area contributed by atoms with E-state index in [2.05, 4.69) is 0 Å². The molecular formula is C11H14O3S. The molecule has 0 aliphatic heterocycles. The zero-order valence-electron chi connectivity index (χ0n) is 9.03. The lowest BCUT2D eigenvalue weighted by atomic mass is 10.1. The first-order valence-electron chi connectivity index (χ1n) is 4.69. The van der Waals surface area contributed by atoms with E-state index in [1.54, 1.807) is 6.07 Å². The van der Waals surface area contributed by atoms with Crippen molar-refractivity contribution in [2.24, 2.45) is 0 Å². The number of aliphatic hydroxyl groups excluding tert-OH is 1. The van der Waals surface area contributed by atoms with Crippen LogP contribution in [-0.2, 0) is 4.79 Å². The lowest BCUT2D eigenvalue weighted by Gasteiger charge is -2.04. The second-order valence-electron chi connectivity index (χ2n) is 3.07. The molecule has 0 radical (unpaired) electrons. The molecule has 4 heteroatoms. The molecule has 1 aromatic rings. The predicted octanol–water partition coefficient (Wildman–Crippen LogP) is 3.27. The average molecular weight is 226 g/mol. The lowest BCUT2D eigenvalue weighted by Crippen LogP contribution is -1.99. The fraction of sp³-hybridized carbons (Fsp3) is 0.364. The molecule has 1 rings (SSSR count). The van der Waals surface area contributed by atoms with Crippen LogP contribution in [0.5, 0.6) is 0 Å². The van der Waals surface area contributed by atoms with E-state index in [9.17, 15) is 9.90 Å². The molecule has 82 valence electrons. The zero-order valence-corrected chi connectivity index (χ0v) is 9.85. The Labute approximate surface area is 93.2 Å². The predicted molar refractivity (Wildman–Crippen MR) is 61.0 cm³/mol. The number of hydrogen-bond donors (Lipinski definition) is 1. The van der Waals surface area contributed by atoms with Crippen LogP contribution in [-0.4, -0.2) is 16.6 Å². The maximum atomic E-state index is 11.4. The number of furan rings is 1. The molecule has 1 aromatic heterocycles. The number of ketones is 1. The maximum absolute atomic E-state index is 11.4. The van der Waals surface area contributed by atoms with Gasteiger partial charge >= 0.3 is 0 Å². The van der Waals surface area contributed by atoms with Crippen LogP contribution in [0.3, 0.4) is 0 Å². The minimum atomic E-state index is -0.158. The van der Waals surface area contributed by atoms with Crippen molar-refractivity contribution >= 4 is 23.1 Å². The van der Waals surface area contributed by atoms with Crippen molar-refractivity contribution in [2.75, 3.05) is 5.75 Å². The summed E-state index contributed by atoms with van der Waals surface area (Å²) >= 11 is 1.51. The van der Waals surface area contributed by atoms with Crippen molar-refractivity contribution in [3.63, 3.8) is 0 Å². The number of Topliss-reactive ketones (excluding diaryl/α,β-unsaturated/α-hetero) is 1. The van der Waals surface area contributed by atoms with Crippen LogP contribution in [0.15, 0.2) is 27.6 Å². The largest absolute Gasteiger partial charge is 0.512 e. The Morgan fingerprint density at radius 2 is 2.20 bits per heavy atom. The van der Waals surface area contributed by atoms with Gasteiger partial charge in [0.05, 0.1) is 11.8 Å². The van der Waals surface area contributed by atoms with Gasteiger partial charge < -0.3 is 9.52 Å². The second kappa shape index (κ2) is 5.07.